The molecule has 13 nitrogen and oxygen atoms in total. The minimum atomic E-state index is -1.12. The van der Waals surface area contributed by atoms with Crippen molar-refractivity contribution in [1.29, 1.82) is 0 Å². The van der Waals surface area contributed by atoms with Gasteiger partial charge in [0.15, 0.2) is 17.6 Å². The summed E-state index contributed by atoms with van der Waals surface area (Å²) in [6.45, 7) is 7.44. The largest absolute Gasteiger partial charge is 0.490 e. The van der Waals surface area contributed by atoms with Crippen molar-refractivity contribution < 1.29 is 37.9 Å². The van der Waals surface area contributed by atoms with Crippen LogP contribution in [-0.4, -0.2) is 47.4 Å². The van der Waals surface area contributed by atoms with Gasteiger partial charge >= 0.3 is 17.6 Å². The van der Waals surface area contributed by atoms with Crippen LogP contribution in [0.5, 0.6) is 17.2 Å². The average Bonchev–Trinajstić information content (AvgIpc) is 3.62. The molecular weight excluding hydrogens is 572 g/mol. The van der Waals surface area contributed by atoms with Crippen LogP contribution in [0, 0.1) is 24.0 Å². The minimum Gasteiger partial charge on any atom is -0.490 e. The van der Waals surface area contributed by atoms with Gasteiger partial charge in [-0.3, -0.25) is 14.9 Å². The topological polar surface area (TPSA) is 157 Å². The van der Waals surface area contributed by atoms with Crippen LogP contribution in [-0.2, 0) is 16.1 Å². The summed E-state index contributed by atoms with van der Waals surface area (Å²) in [5.74, 6) is -0.505. The minimum absolute atomic E-state index is 0.00353. The van der Waals surface area contributed by atoms with E-state index in [1.54, 1.807) is 13.0 Å². The van der Waals surface area contributed by atoms with E-state index in [2.05, 4.69) is 32.0 Å². The molecule has 0 saturated carbocycles. The second-order valence-electron chi connectivity index (χ2n) is 9.54. The number of aryl methyl sites for hydroxylation is 2. The Balaban J connectivity index is 1.38. The zero-order chi connectivity index (χ0) is 31.8. The molecule has 0 aliphatic carbocycles. The van der Waals surface area contributed by atoms with Crippen molar-refractivity contribution in [2.75, 3.05) is 13.7 Å². The number of hydrogen-bond donors (Lipinski definition) is 1. The lowest BCUT2D eigenvalue weighted by Crippen LogP contribution is -2.25. The van der Waals surface area contributed by atoms with Crippen LogP contribution in [0.3, 0.4) is 0 Å². The Hall–Kier alpha value is -5.59. The first kappa shape index (κ1) is 31.3. The van der Waals surface area contributed by atoms with E-state index in [-0.39, 0.29) is 36.0 Å². The van der Waals surface area contributed by atoms with Crippen LogP contribution < -0.4 is 19.6 Å². The molecule has 0 aliphatic rings. The van der Waals surface area contributed by atoms with Crippen LogP contribution in [0.4, 0.5) is 5.69 Å². The molecule has 2 aromatic carbocycles. The molecule has 0 aliphatic heterocycles. The van der Waals surface area contributed by atoms with Gasteiger partial charge in [0.05, 0.1) is 24.9 Å². The maximum Gasteiger partial charge on any atom is 0.346 e. The zero-order valence-corrected chi connectivity index (χ0v) is 24.9. The number of hydrazone groups is 1. The number of carbonyl (C=O) groups is 2. The molecule has 44 heavy (non-hydrogen) atoms. The van der Waals surface area contributed by atoms with Gasteiger partial charge in [-0.25, -0.2) is 10.2 Å². The van der Waals surface area contributed by atoms with E-state index in [9.17, 15) is 19.7 Å². The monoisotopic (exact) mass is 604 g/mol. The van der Waals surface area contributed by atoms with Gasteiger partial charge in [0.25, 0.3) is 0 Å². The summed E-state index contributed by atoms with van der Waals surface area (Å²) in [6.07, 6.45) is 0.0819. The van der Waals surface area contributed by atoms with Crippen molar-refractivity contribution in [3.8, 4) is 22.9 Å². The summed E-state index contributed by atoms with van der Waals surface area (Å²) in [5, 5.41) is 15.7. The van der Waals surface area contributed by atoms with Gasteiger partial charge in [-0.2, -0.15) is 5.10 Å². The van der Waals surface area contributed by atoms with Gasteiger partial charge in [-0.1, -0.05) is 0 Å². The molecule has 0 radical (unpaired) electrons. The summed E-state index contributed by atoms with van der Waals surface area (Å²) >= 11 is 0. The Labute approximate surface area is 253 Å². The number of ether oxygens (including phenoxy) is 4. The lowest BCUT2D eigenvalue weighted by Gasteiger charge is -2.16. The van der Waals surface area contributed by atoms with Crippen molar-refractivity contribution in [2.24, 2.45) is 5.10 Å². The zero-order valence-electron chi connectivity index (χ0n) is 24.9. The van der Waals surface area contributed by atoms with Gasteiger partial charge in [0, 0.05) is 28.7 Å². The molecule has 230 valence electrons. The molecule has 0 unspecified atom stereocenters. The Morgan fingerprint density at radius 3 is 2.41 bits per heavy atom. The fourth-order valence-electron chi connectivity index (χ4n) is 4.31. The van der Waals surface area contributed by atoms with E-state index in [1.165, 1.54) is 38.4 Å². The Morgan fingerprint density at radius 2 is 1.77 bits per heavy atom. The molecule has 4 aromatic rings. The van der Waals surface area contributed by atoms with Crippen molar-refractivity contribution in [3.05, 3.63) is 99.2 Å². The van der Waals surface area contributed by atoms with Crippen LogP contribution >= 0.6 is 0 Å². The number of benzene rings is 2. The number of nitro groups is 1. The number of methoxy groups -OCH3 is 1. The summed E-state index contributed by atoms with van der Waals surface area (Å²) in [4.78, 5) is 35.5. The van der Waals surface area contributed by atoms with Crippen molar-refractivity contribution in [1.82, 2.24) is 9.99 Å². The average molecular weight is 605 g/mol. The molecule has 0 saturated heterocycles. The number of furan rings is 1. The molecule has 0 fully saturated rings. The number of amides is 1. The van der Waals surface area contributed by atoms with E-state index in [4.69, 9.17) is 18.6 Å². The number of nitrogens with zero attached hydrogens (tertiary/aromatic N) is 3. The molecule has 2 aromatic heterocycles. The predicted molar refractivity (Wildman–Crippen MR) is 160 cm³/mol. The number of nitrogens with one attached hydrogen (secondary N) is 1. The molecule has 1 amide bonds. The normalized spacial score (nSPS) is 11.7. The summed E-state index contributed by atoms with van der Waals surface area (Å²) in [5.41, 5.74) is 5.39. The Morgan fingerprint density at radius 1 is 1.07 bits per heavy atom. The highest BCUT2D eigenvalue weighted by molar-refractivity contribution is 5.92. The number of esters is 1. The third kappa shape index (κ3) is 7.43. The SMILES string of the molecule is CCOc1cc(/C=N/NC(=O)c2ccc(COc3ccc(-n4c(C)ccc4C)cc3)o2)cc([N+](=O)[O-])c1O[C@@H](C)C(=O)OC. The lowest BCUT2D eigenvalue weighted by molar-refractivity contribution is -0.386. The van der Waals surface area contributed by atoms with Gasteiger partial charge in [0.2, 0.25) is 5.75 Å². The van der Waals surface area contributed by atoms with Crippen molar-refractivity contribution in [2.45, 2.75) is 40.4 Å². The van der Waals surface area contributed by atoms with E-state index >= 15 is 0 Å². The van der Waals surface area contributed by atoms with Crippen LogP contribution in [0.1, 0.15) is 47.1 Å². The van der Waals surface area contributed by atoms with E-state index in [0.717, 1.165) is 17.1 Å². The molecule has 0 bridgehead atoms. The second-order valence-corrected chi connectivity index (χ2v) is 9.54. The maximum atomic E-state index is 12.6. The fraction of sp³-hybridized carbons (Fsp3) is 0.258. The third-order valence-electron chi connectivity index (χ3n) is 6.39. The Bertz CT molecular complexity index is 1650. The van der Waals surface area contributed by atoms with E-state index < -0.39 is 28.6 Å². The predicted octanol–water partition coefficient (Wildman–Crippen LogP) is 5.28. The fourth-order valence-corrected chi connectivity index (χ4v) is 4.31. The number of nitro benzene ring substituents is 1. The highest BCUT2D eigenvalue weighted by Crippen LogP contribution is 2.39. The first-order valence-electron chi connectivity index (χ1n) is 13.6. The Kier molecular flexibility index (Phi) is 10.0. The van der Waals surface area contributed by atoms with Gasteiger partial charge in [0.1, 0.15) is 18.1 Å². The molecule has 0 spiro atoms. The lowest BCUT2D eigenvalue weighted by atomic mass is 10.1. The summed E-state index contributed by atoms with van der Waals surface area (Å²) in [6, 6.07) is 17.5. The smallest absolute Gasteiger partial charge is 0.346 e. The van der Waals surface area contributed by atoms with Gasteiger partial charge < -0.3 is 27.9 Å². The first-order valence-corrected chi connectivity index (χ1v) is 13.6. The molecule has 13 heteroatoms. The number of hydrogen-bond acceptors (Lipinski definition) is 10. The van der Waals surface area contributed by atoms with Gasteiger partial charge in [-0.05, 0) is 82.3 Å². The van der Waals surface area contributed by atoms with Gasteiger partial charge in [-0.15, -0.1) is 0 Å². The first-order chi connectivity index (χ1) is 21.1. The molecule has 1 N–H and O–H groups in total. The third-order valence-corrected chi connectivity index (χ3v) is 6.39. The highest BCUT2D eigenvalue weighted by atomic mass is 16.6. The standard InChI is InChI=1S/C31H32N4O9/c1-6-41-28-16-22(15-26(35(38)39)29(28)43-21(4)31(37)40-5)17-32-33-30(36)27-14-13-25(44-27)18-42-24-11-9-23(10-12-24)34-19(2)7-8-20(34)3/h7-17,21H,6,18H2,1-5H3,(H,33,36)/b32-17+/t21-/m0/s1. The number of carbonyl (C=O) groups excluding carboxylic acids is 2. The maximum absolute atomic E-state index is 12.6. The molecule has 2 heterocycles. The van der Waals surface area contributed by atoms with Crippen molar-refractivity contribution >= 4 is 23.8 Å². The quantitative estimate of drug-likeness (QED) is 0.0928. The molecule has 4 rings (SSSR count). The van der Waals surface area contributed by atoms with E-state index in [0.29, 0.717) is 11.5 Å². The van der Waals surface area contributed by atoms with Crippen LogP contribution in [0.25, 0.3) is 5.69 Å². The summed E-state index contributed by atoms with van der Waals surface area (Å²) < 4.78 is 29.2. The molecular formula is C31H32N4O9. The summed E-state index contributed by atoms with van der Waals surface area (Å²) in [7, 11) is 1.18. The second kappa shape index (κ2) is 14.1. The number of rotatable bonds is 13. The highest BCUT2D eigenvalue weighted by Gasteiger charge is 2.27. The molecule has 1 atom stereocenters. The van der Waals surface area contributed by atoms with Crippen LogP contribution in [0.15, 0.2) is 70.2 Å². The van der Waals surface area contributed by atoms with Crippen molar-refractivity contribution in [3.63, 3.8) is 0 Å². The van der Waals surface area contributed by atoms with Crippen LogP contribution in [0.2, 0.25) is 0 Å². The number of aromatic nitrogens is 1. The van der Waals surface area contributed by atoms with E-state index in [1.807, 2.05) is 38.1 Å².